The molecule has 0 spiro atoms. The lowest BCUT2D eigenvalue weighted by Crippen LogP contribution is -2.37. The molecule has 0 aliphatic heterocycles. The van der Waals surface area contributed by atoms with Crippen LogP contribution in [0.3, 0.4) is 0 Å². The van der Waals surface area contributed by atoms with Gasteiger partial charge >= 0.3 is 0 Å². The number of benzene rings is 2. The molecule has 0 aliphatic carbocycles. The molecule has 0 radical (unpaired) electrons. The van der Waals surface area contributed by atoms with Gasteiger partial charge < -0.3 is 15.4 Å². The zero-order valence-electron chi connectivity index (χ0n) is 14.0. The van der Waals surface area contributed by atoms with Gasteiger partial charge in [-0.3, -0.25) is 9.59 Å². The minimum absolute atomic E-state index is 0.0993. The fourth-order valence-electron chi connectivity index (χ4n) is 2.33. The summed E-state index contributed by atoms with van der Waals surface area (Å²) in [7, 11) is 0. The number of amides is 2. The SMILES string of the molecule is Cc1cccc(OCC(=O)N(CCC(N)=O)c2ccccc2)c1C. The van der Waals surface area contributed by atoms with Crippen molar-refractivity contribution in [1.29, 1.82) is 0 Å². The molecule has 0 saturated heterocycles. The summed E-state index contributed by atoms with van der Waals surface area (Å²) in [4.78, 5) is 25.2. The molecule has 5 heteroatoms. The van der Waals surface area contributed by atoms with Crippen molar-refractivity contribution in [3.8, 4) is 5.75 Å². The first-order valence-corrected chi connectivity index (χ1v) is 7.81. The fourth-order valence-corrected chi connectivity index (χ4v) is 2.33. The summed E-state index contributed by atoms with van der Waals surface area (Å²) in [5, 5.41) is 0. The number of carbonyl (C=O) groups excluding carboxylic acids is 2. The zero-order chi connectivity index (χ0) is 17.5. The number of rotatable bonds is 7. The maximum atomic E-state index is 12.6. The fraction of sp³-hybridized carbons (Fsp3) is 0.263. The molecule has 2 amide bonds. The van der Waals surface area contributed by atoms with E-state index in [1.54, 1.807) is 0 Å². The van der Waals surface area contributed by atoms with Gasteiger partial charge in [0.2, 0.25) is 5.91 Å². The van der Waals surface area contributed by atoms with Gasteiger partial charge in [-0.25, -0.2) is 0 Å². The Balaban J connectivity index is 2.10. The summed E-state index contributed by atoms with van der Waals surface area (Å²) in [6, 6.07) is 14.9. The monoisotopic (exact) mass is 326 g/mol. The first-order chi connectivity index (χ1) is 11.5. The van der Waals surface area contributed by atoms with E-state index in [1.807, 2.05) is 62.4 Å². The molecular formula is C19H22N2O3. The second-order valence-electron chi connectivity index (χ2n) is 5.58. The Morgan fingerprint density at radius 1 is 1.04 bits per heavy atom. The molecular weight excluding hydrogens is 304 g/mol. The molecule has 0 fully saturated rings. The van der Waals surface area contributed by atoms with Crippen molar-refractivity contribution in [3.63, 3.8) is 0 Å². The number of nitrogens with zero attached hydrogens (tertiary/aromatic N) is 1. The maximum absolute atomic E-state index is 12.6. The number of hydrogen-bond donors (Lipinski definition) is 1. The number of aryl methyl sites for hydroxylation is 1. The number of ether oxygens (including phenoxy) is 1. The molecule has 0 heterocycles. The van der Waals surface area contributed by atoms with Crippen molar-refractivity contribution < 1.29 is 14.3 Å². The third kappa shape index (κ3) is 4.59. The van der Waals surface area contributed by atoms with Gasteiger partial charge in [0.1, 0.15) is 5.75 Å². The summed E-state index contributed by atoms with van der Waals surface area (Å²) in [6.45, 7) is 4.08. The van der Waals surface area contributed by atoms with Gasteiger partial charge in [0, 0.05) is 18.7 Å². The van der Waals surface area contributed by atoms with Crippen molar-refractivity contribution in [2.75, 3.05) is 18.1 Å². The van der Waals surface area contributed by atoms with Crippen LogP contribution < -0.4 is 15.4 Å². The molecule has 0 aromatic heterocycles. The molecule has 0 saturated carbocycles. The average Bonchev–Trinajstić information content (AvgIpc) is 2.57. The Labute approximate surface area is 142 Å². The smallest absolute Gasteiger partial charge is 0.264 e. The number of anilines is 1. The summed E-state index contributed by atoms with van der Waals surface area (Å²) >= 11 is 0. The van der Waals surface area contributed by atoms with Crippen LogP contribution in [0.15, 0.2) is 48.5 Å². The van der Waals surface area contributed by atoms with Gasteiger partial charge in [0.15, 0.2) is 6.61 Å². The van der Waals surface area contributed by atoms with Crippen LogP contribution in [0, 0.1) is 13.8 Å². The number of hydrogen-bond acceptors (Lipinski definition) is 3. The van der Waals surface area contributed by atoms with Crippen LogP contribution in [0.25, 0.3) is 0 Å². The van der Waals surface area contributed by atoms with E-state index in [9.17, 15) is 9.59 Å². The Kier molecular flexibility index (Phi) is 5.95. The molecule has 5 nitrogen and oxygen atoms in total. The number of carbonyl (C=O) groups is 2. The van der Waals surface area contributed by atoms with Crippen LogP contribution >= 0.6 is 0 Å². The van der Waals surface area contributed by atoms with Crippen LogP contribution in [0.2, 0.25) is 0 Å². The molecule has 0 unspecified atom stereocenters. The van der Waals surface area contributed by atoms with Gasteiger partial charge in [0.05, 0.1) is 0 Å². The van der Waals surface area contributed by atoms with Gasteiger partial charge in [-0.05, 0) is 43.2 Å². The van der Waals surface area contributed by atoms with E-state index >= 15 is 0 Å². The van der Waals surface area contributed by atoms with E-state index in [1.165, 1.54) is 4.90 Å². The predicted molar refractivity (Wildman–Crippen MR) is 94.0 cm³/mol. The van der Waals surface area contributed by atoms with Crippen LogP contribution in [-0.2, 0) is 9.59 Å². The second-order valence-corrected chi connectivity index (χ2v) is 5.58. The lowest BCUT2D eigenvalue weighted by Gasteiger charge is -2.22. The van der Waals surface area contributed by atoms with E-state index in [-0.39, 0.29) is 25.5 Å². The molecule has 0 aliphatic rings. The van der Waals surface area contributed by atoms with Crippen molar-refractivity contribution >= 4 is 17.5 Å². The van der Waals surface area contributed by atoms with Crippen molar-refractivity contribution in [2.45, 2.75) is 20.3 Å². The Morgan fingerprint density at radius 2 is 1.75 bits per heavy atom. The van der Waals surface area contributed by atoms with Gasteiger partial charge in [-0.2, -0.15) is 0 Å². The van der Waals surface area contributed by atoms with Crippen LogP contribution in [0.1, 0.15) is 17.5 Å². The topological polar surface area (TPSA) is 72.6 Å². The summed E-state index contributed by atoms with van der Waals surface area (Å²) < 4.78 is 5.68. The molecule has 2 N–H and O–H groups in total. The standard InChI is InChI=1S/C19H22N2O3/c1-14-7-6-10-17(15(14)2)24-13-19(23)21(12-11-18(20)22)16-8-4-3-5-9-16/h3-10H,11-13H2,1-2H3,(H2,20,22). The van der Waals surface area contributed by atoms with Crippen LogP contribution in [0.4, 0.5) is 5.69 Å². The van der Waals surface area contributed by atoms with Crippen molar-refractivity contribution in [2.24, 2.45) is 5.73 Å². The Hall–Kier alpha value is -2.82. The third-order valence-electron chi connectivity index (χ3n) is 3.86. The number of para-hydroxylation sites is 1. The van der Waals surface area contributed by atoms with Gasteiger partial charge in [0.25, 0.3) is 5.91 Å². The minimum Gasteiger partial charge on any atom is -0.483 e. The van der Waals surface area contributed by atoms with Crippen molar-refractivity contribution in [3.05, 3.63) is 59.7 Å². The summed E-state index contributed by atoms with van der Waals surface area (Å²) in [6.07, 6.45) is 0.101. The molecule has 126 valence electrons. The molecule has 0 atom stereocenters. The van der Waals surface area contributed by atoms with Gasteiger partial charge in [-0.15, -0.1) is 0 Å². The van der Waals surface area contributed by atoms with E-state index in [0.29, 0.717) is 11.4 Å². The number of nitrogens with two attached hydrogens (primary N) is 1. The second kappa shape index (κ2) is 8.15. The summed E-state index contributed by atoms with van der Waals surface area (Å²) in [5.41, 5.74) is 8.04. The van der Waals surface area contributed by atoms with E-state index in [4.69, 9.17) is 10.5 Å². The van der Waals surface area contributed by atoms with E-state index in [2.05, 4.69) is 0 Å². The largest absolute Gasteiger partial charge is 0.483 e. The highest BCUT2D eigenvalue weighted by atomic mass is 16.5. The van der Waals surface area contributed by atoms with E-state index in [0.717, 1.165) is 11.1 Å². The quantitative estimate of drug-likeness (QED) is 0.850. The Bertz CT molecular complexity index is 714. The van der Waals surface area contributed by atoms with Crippen molar-refractivity contribution in [1.82, 2.24) is 0 Å². The highest BCUT2D eigenvalue weighted by Crippen LogP contribution is 2.21. The lowest BCUT2D eigenvalue weighted by molar-refractivity contribution is -0.120. The maximum Gasteiger partial charge on any atom is 0.264 e. The van der Waals surface area contributed by atoms with E-state index < -0.39 is 5.91 Å². The Morgan fingerprint density at radius 3 is 2.42 bits per heavy atom. The molecule has 24 heavy (non-hydrogen) atoms. The van der Waals surface area contributed by atoms with Gasteiger partial charge in [-0.1, -0.05) is 30.3 Å². The normalized spacial score (nSPS) is 10.2. The first kappa shape index (κ1) is 17.5. The number of primary amides is 1. The predicted octanol–water partition coefficient (Wildman–Crippen LogP) is 2.59. The lowest BCUT2D eigenvalue weighted by atomic mass is 10.1. The average molecular weight is 326 g/mol. The minimum atomic E-state index is -0.445. The molecule has 2 rings (SSSR count). The zero-order valence-corrected chi connectivity index (χ0v) is 14.0. The van der Waals surface area contributed by atoms with Crippen LogP contribution in [-0.4, -0.2) is 25.0 Å². The highest BCUT2D eigenvalue weighted by Gasteiger charge is 2.17. The first-order valence-electron chi connectivity index (χ1n) is 7.81. The highest BCUT2D eigenvalue weighted by molar-refractivity contribution is 5.95. The third-order valence-corrected chi connectivity index (χ3v) is 3.86. The molecule has 2 aromatic rings. The van der Waals surface area contributed by atoms with Crippen LogP contribution in [0.5, 0.6) is 5.75 Å². The molecule has 2 aromatic carbocycles. The molecule has 0 bridgehead atoms. The summed E-state index contributed by atoms with van der Waals surface area (Å²) in [5.74, 6) is 0.0220.